The Hall–Kier alpha value is -3.36. The summed E-state index contributed by atoms with van der Waals surface area (Å²) in [6.07, 6.45) is 0. The maximum Gasteiger partial charge on any atom is 0.234 e. The summed E-state index contributed by atoms with van der Waals surface area (Å²) in [4.78, 5) is 12.5. The zero-order valence-corrected chi connectivity index (χ0v) is 18.5. The summed E-state index contributed by atoms with van der Waals surface area (Å²) >= 11 is 7.23. The van der Waals surface area contributed by atoms with Crippen LogP contribution in [0.25, 0.3) is 17.1 Å². The van der Waals surface area contributed by atoms with Crippen molar-refractivity contribution in [3.8, 4) is 22.8 Å². The van der Waals surface area contributed by atoms with E-state index < -0.39 is 5.82 Å². The van der Waals surface area contributed by atoms with Crippen molar-refractivity contribution in [2.45, 2.75) is 5.16 Å². The van der Waals surface area contributed by atoms with Crippen LogP contribution >= 0.6 is 23.4 Å². The highest BCUT2D eigenvalue weighted by Crippen LogP contribution is 2.29. The molecule has 1 aromatic heterocycles. The molecule has 0 bridgehead atoms. The van der Waals surface area contributed by atoms with Crippen molar-refractivity contribution in [2.75, 3.05) is 18.2 Å². The van der Waals surface area contributed by atoms with Gasteiger partial charge in [-0.15, -0.1) is 10.2 Å². The summed E-state index contributed by atoms with van der Waals surface area (Å²) in [5, 5.41) is 12.1. The molecule has 0 atom stereocenters. The first-order chi connectivity index (χ1) is 15.5. The number of benzene rings is 3. The molecule has 0 saturated carbocycles. The van der Waals surface area contributed by atoms with Gasteiger partial charge in [-0.3, -0.25) is 9.36 Å². The van der Waals surface area contributed by atoms with Gasteiger partial charge >= 0.3 is 0 Å². The fourth-order valence-corrected chi connectivity index (χ4v) is 3.97. The van der Waals surface area contributed by atoms with Gasteiger partial charge in [0.05, 0.1) is 23.6 Å². The molecular formula is C23H18ClFN4O2S. The van der Waals surface area contributed by atoms with Crippen LogP contribution < -0.4 is 10.1 Å². The summed E-state index contributed by atoms with van der Waals surface area (Å²) in [5.74, 6) is 0.691. The summed E-state index contributed by atoms with van der Waals surface area (Å²) in [6.45, 7) is 0. The number of ether oxygens (including phenoxy) is 1. The minimum atomic E-state index is -0.468. The SMILES string of the molecule is COc1ccc(-c2nnc(SCC(=O)Nc3ccc(F)cc3Cl)n2-c2ccccc2)cc1. The zero-order chi connectivity index (χ0) is 22.5. The molecule has 0 aliphatic carbocycles. The van der Waals surface area contributed by atoms with Gasteiger partial charge in [0.1, 0.15) is 11.6 Å². The van der Waals surface area contributed by atoms with E-state index in [1.54, 1.807) is 7.11 Å². The lowest BCUT2D eigenvalue weighted by Crippen LogP contribution is -2.15. The molecular weight excluding hydrogens is 451 g/mol. The van der Waals surface area contributed by atoms with Gasteiger partial charge in [0, 0.05) is 11.3 Å². The first-order valence-corrected chi connectivity index (χ1v) is 10.9. The number of nitrogens with one attached hydrogen (secondary N) is 1. The standard InChI is InChI=1S/C23H18ClFN4O2S/c1-31-18-10-7-15(8-11-18)22-27-28-23(29(22)17-5-3-2-4-6-17)32-14-21(30)26-20-12-9-16(25)13-19(20)24/h2-13H,14H2,1H3,(H,26,30). The number of thioether (sulfide) groups is 1. The van der Waals surface area contributed by atoms with Crippen LogP contribution in [-0.2, 0) is 4.79 Å². The Bertz CT molecular complexity index is 1230. The molecule has 1 amide bonds. The van der Waals surface area contributed by atoms with Crippen molar-refractivity contribution >= 4 is 35.0 Å². The Morgan fingerprint density at radius 1 is 1.09 bits per heavy atom. The highest BCUT2D eigenvalue weighted by atomic mass is 35.5. The number of methoxy groups -OCH3 is 1. The van der Waals surface area contributed by atoms with Crippen LogP contribution in [0.4, 0.5) is 10.1 Å². The predicted octanol–water partition coefficient (Wildman–Crippen LogP) is 5.47. The summed E-state index contributed by atoms with van der Waals surface area (Å²) in [7, 11) is 1.61. The van der Waals surface area contributed by atoms with Crippen LogP contribution in [-0.4, -0.2) is 33.5 Å². The average molecular weight is 469 g/mol. The first-order valence-electron chi connectivity index (χ1n) is 9.58. The molecule has 0 saturated heterocycles. The molecule has 0 spiro atoms. The van der Waals surface area contributed by atoms with E-state index in [0.29, 0.717) is 16.7 Å². The molecule has 4 rings (SSSR count). The van der Waals surface area contributed by atoms with Gasteiger partial charge in [0.2, 0.25) is 5.91 Å². The summed E-state index contributed by atoms with van der Waals surface area (Å²) in [6, 6.07) is 21.0. The van der Waals surface area contributed by atoms with Gasteiger partial charge in [0.15, 0.2) is 11.0 Å². The number of rotatable bonds is 7. The maximum absolute atomic E-state index is 13.2. The Balaban J connectivity index is 1.58. The molecule has 162 valence electrons. The predicted molar refractivity (Wildman–Crippen MR) is 124 cm³/mol. The lowest BCUT2D eigenvalue weighted by molar-refractivity contribution is -0.113. The number of hydrogen-bond donors (Lipinski definition) is 1. The fraction of sp³-hybridized carbons (Fsp3) is 0.0870. The van der Waals surface area contributed by atoms with Gasteiger partial charge < -0.3 is 10.1 Å². The minimum Gasteiger partial charge on any atom is -0.497 e. The molecule has 1 heterocycles. The number of nitrogens with zero attached hydrogens (tertiary/aromatic N) is 3. The lowest BCUT2D eigenvalue weighted by atomic mass is 10.2. The number of aromatic nitrogens is 3. The highest BCUT2D eigenvalue weighted by Gasteiger charge is 2.18. The van der Waals surface area contributed by atoms with Crippen molar-refractivity contribution in [1.82, 2.24) is 14.8 Å². The molecule has 0 radical (unpaired) electrons. The van der Waals surface area contributed by atoms with Crippen LogP contribution in [0.2, 0.25) is 5.02 Å². The lowest BCUT2D eigenvalue weighted by Gasteiger charge is -2.11. The van der Waals surface area contributed by atoms with E-state index in [1.165, 1.54) is 23.9 Å². The molecule has 9 heteroatoms. The van der Waals surface area contributed by atoms with E-state index in [9.17, 15) is 9.18 Å². The zero-order valence-electron chi connectivity index (χ0n) is 17.0. The Morgan fingerprint density at radius 3 is 2.53 bits per heavy atom. The van der Waals surface area contributed by atoms with Crippen LogP contribution in [0.1, 0.15) is 0 Å². The van der Waals surface area contributed by atoms with Crippen LogP contribution in [0.15, 0.2) is 78.0 Å². The molecule has 0 unspecified atom stereocenters. The quantitative estimate of drug-likeness (QED) is 0.364. The molecule has 0 fully saturated rings. The Kier molecular flexibility index (Phi) is 6.72. The topological polar surface area (TPSA) is 69.0 Å². The monoisotopic (exact) mass is 468 g/mol. The molecule has 1 N–H and O–H groups in total. The largest absolute Gasteiger partial charge is 0.497 e. The van der Waals surface area contributed by atoms with Gasteiger partial charge in [0.25, 0.3) is 0 Å². The van der Waals surface area contributed by atoms with E-state index >= 15 is 0 Å². The number of hydrogen-bond acceptors (Lipinski definition) is 5. The van der Waals surface area contributed by atoms with Crippen molar-refractivity contribution in [3.05, 3.63) is 83.6 Å². The molecule has 4 aromatic rings. The molecule has 32 heavy (non-hydrogen) atoms. The van der Waals surface area contributed by atoms with Crippen LogP contribution in [0, 0.1) is 5.82 Å². The van der Waals surface area contributed by atoms with Crippen molar-refractivity contribution < 1.29 is 13.9 Å². The van der Waals surface area contributed by atoms with E-state index in [4.69, 9.17) is 16.3 Å². The van der Waals surface area contributed by atoms with Gasteiger partial charge in [-0.2, -0.15) is 0 Å². The van der Waals surface area contributed by atoms with Crippen LogP contribution in [0.5, 0.6) is 5.75 Å². The smallest absolute Gasteiger partial charge is 0.234 e. The third-order valence-corrected chi connectivity index (χ3v) is 5.78. The second-order valence-corrected chi connectivity index (χ2v) is 8.02. The maximum atomic E-state index is 13.2. The number of carbonyl (C=O) groups excluding carboxylic acids is 1. The number of carbonyl (C=O) groups is 1. The summed E-state index contributed by atoms with van der Waals surface area (Å²) < 4.78 is 20.3. The summed E-state index contributed by atoms with van der Waals surface area (Å²) in [5.41, 5.74) is 2.08. The highest BCUT2D eigenvalue weighted by molar-refractivity contribution is 7.99. The van der Waals surface area contributed by atoms with Gasteiger partial charge in [-0.1, -0.05) is 41.6 Å². The fourth-order valence-electron chi connectivity index (χ4n) is 3.01. The van der Waals surface area contributed by atoms with Crippen LogP contribution in [0.3, 0.4) is 0 Å². The van der Waals surface area contributed by atoms with E-state index in [0.717, 1.165) is 23.1 Å². The number of para-hydroxylation sites is 1. The number of halogens is 2. The molecule has 0 aliphatic rings. The average Bonchev–Trinajstić information content (AvgIpc) is 3.24. The molecule has 3 aromatic carbocycles. The number of amides is 1. The van der Waals surface area contributed by atoms with E-state index in [1.807, 2.05) is 59.2 Å². The Morgan fingerprint density at radius 2 is 1.84 bits per heavy atom. The molecule has 6 nitrogen and oxygen atoms in total. The van der Waals surface area contributed by atoms with Crippen molar-refractivity contribution in [3.63, 3.8) is 0 Å². The number of anilines is 1. The Labute approximate surface area is 193 Å². The third kappa shape index (κ3) is 4.92. The van der Waals surface area contributed by atoms with E-state index in [2.05, 4.69) is 15.5 Å². The third-order valence-electron chi connectivity index (χ3n) is 4.53. The van der Waals surface area contributed by atoms with Gasteiger partial charge in [-0.05, 0) is 54.6 Å². The van der Waals surface area contributed by atoms with Gasteiger partial charge in [-0.25, -0.2) is 4.39 Å². The van der Waals surface area contributed by atoms with Crippen molar-refractivity contribution in [1.29, 1.82) is 0 Å². The second kappa shape index (κ2) is 9.84. The molecule has 0 aliphatic heterocycles. The minimum absolute atomic E-state index is 0.0707. The van der Waals surface area contributed by atoms with E-state index in [-0.39, 0.29) is 16.7 Å². The second-order valence-electron chi connectivity index (χ2n) is 6.67. The van der Waals surface area contributed by atoms with Crippen molar-refractivity contribution in [2.24, 2.45) is 0 Å². The normalized spacial score (nSPS) is 10.7. The first kappa shape index (κ1) is 21.9.